The average molecular weight is 373 g/mol. The first-order chi connectivity index (χ1) is 11.4. The molecule has 0 bridgehead atoms. The fourth-order valence-corrected chi connectivity index (χ4v) is 4.64. The molecule has 1 unspecified atom stereocenters. The van der Waals surface area contributed by atoms with E-state index < -0.39 is 32.6 Å². The molecule has 1 aliphatic rings. The van der Waals surface area contributed by atoms with Crippen molar-refractivity contribution >= 4 is 21.6 Å². The minimum atomic E-state index is -4.05. The number of hydrogen-bond donors (Lipinski definition) is 1. The largest absolute Gasteiger partial charge is 0.313 e. The zero-order valence-electron chi connectivity index (χ0n) is 12.5. The Morgan fingerprint density at radius 1 is 1.12 bits per heavy atom. The molecule has 1 fully saturated rings. The summed E-state index contributed by atoms with van der Waals surface area (Å²) < 4.78 is 53.9. The molecule has 3 rings (SSSR count). The van der Waals surface area contributed by atoms with Gasteiger partial charge in [-0.05, 0) is 29.8 Å². The van der Waals surface area contributed by atoms with E-state index in [9.17, 15) is 17.2 Å². The van der Waals surface area contributed by atoms with Crippen LogP contribution in [0.4, 0.5) is 8.78 Å². The minimum Gasteiger partial charge on any atom is -0.313 e. The molecule has 1 saturated heterocycles. The van der Waals surface area contributed by atoms with Crippen LogP contribution in [0.5, 0.6) is 0 Å². The van der Waals surface area contributed by atoms with Crippen LogP contribution in [-0.2, 0) is 10.0 Å². The van der Waals surface area contributed by atoms with Crippen molar-refractivity contribution in [1.82, 2.24) is 9.62 Å². The van der Waals surface area contributed by atoms with E-state index in [1.165, 1.54) is 4.31 Å². The highest BCUT2D eigenvalue weighted by atomic mass is 35.5. The van der Waals surface area contributed by atoms with Crippen LogP contribution in [-0.4, -0.2) is 32.4 Å². The molecule has 128 valence electrons. The molecule has 4 nitrogen and oxygen atoms in total. The van der Waals surface area contributed by atoms with Gasteiger partial charge in [-0.1, -0.05) is 23.7 Å². The summed E-state index contributed by atoms with van der Waals surface area (Å²) in [5.74, 6) is -1.86. The third-order valence-corrected chi connectivity index (χ3v) is 5.99. The van der Waals surface area contributed by atoms with Gasteiger partial charge in [0.15, 0.2) is 0 Å². The number of piperazine rings is 1. The zero-order valence-corrected chi connectivity index (χ0v) is 14.1. The maximum Gasteiger partial charge on any atom is 0.243 e. The van der Waals surface area contributed by atoms with E-state index in [4.69, 9.17) is 11.6 Å². The lowest BCUT2D eigenvalue weighted by Gasteiger charge is -2.35. The lowest BCUT2D eigenvalue weighted by atomic mass is 10.1. The molecule has 8 heteroatoms. The second-order valence-corrected chi connectivity index (χ2v) is 7.82. The van der Waals surface area contributed by atoms with Crippen molar-refractivity contribution in [2.45, 2.75) is 10.9 Å². The van der Waals surface area contributed by atoms with Crippen LogP contribution in [0.2, 0.25) is 5.02 Å². The third kappa shape index (κ3) is 3.44. The number of nitrogens with one attached hydrogen (secondary N) is 1. The van der Waals surface area contributed by atoms with E-state index >= 15 is 0 Å². The summed E-state index contributed by atoms with van der Waals surface area (Å²) in [6, 6.07) is 8.69. The lowest BCUT2D eigenvalue weighted by molar-refractivity contribution is 0.271. The van der Waals surface area contributed by atoms with Gasteiger partial charge in [-0.15, -0.1) is 0 Å². The maximum absolute atomic E-state index is 13.4. The zero-order chi connectivity index (χ0) is 17.3. The van der Waals surface area contributed by atoms with Crippen molar-refractivity contribution in [3.05, 3.63) is 64.7 Å². The molecule has 0 amide bonds. The molecule has 2 aromatic rings. The molecule has 0 aromatic heterocycles. The standard InChI is InChI=1S/C16H15ClF2N2O2S/c17-12-3-1-2-11(6-12)16-10-20-4-5-21(16)24(22,23)15-8-13(18)7-14(19)9-15/h1-3,6-9,16,20H,4-5,10H2. The highest BCUT2D eigenvalue weighted by Crippen LogP contribution is 2.30. The van der Waals surface area contributed by atoms with Gasteiger partial charge < -0.3 is 5.32 Å². The summed E-state index contributed by atoms with van der Waals surface area (Å²) in [6.07, 6.45) is 0. The molecule has 1 aliphatic heterocycles. The van der Waals surface area contributed by atoms with E-state index in [-0.39, 0.29) is 6.54 Å². The van der Waals surface area contributed by atoms with Crippen molar-refractivity contribution in [3.63, 3.8) is 0 Å². The van der Waals surface area contributed by atoms with Crippen molar-refractivity contribution in [3.8, 4) is 0 Å². The maximum atomic E-state index is 13.4. The highest BCUT2D eigenvalue weighted by molar-refractivity contribution is 7.89. The fourth-order valence-electron chi connectivity index (χ4n) is 2.78. The molecule has 0 aliphatic carbocycles. The topological polar surface area (TPSA) is 49.4 Å². The molecule has 0 spiro atoms. The number of sulfonamides is 1. The van der Waals surface area contributed by atoms with Crippen LogP contribution in [0, 0.1) is 11.6 Å². The third-order valence-electron chi connectivity index (χ3n) is 3.87. The monoisotopic (exact) mass is 372 g/mol. The van der Waals surface area contributed by atoms with Gasteiger partial charge in [0.05, 0.1) is 10.9 Å². The van der Waals surface area contributed by atoms with Gasteiger partial charge in [0.2, 0.25) is 10.0 Å². The second kappa shape index (κ2) is 6.76. The Hall–Kier alpha value is -1.54. The second-order valence-electron chi connectivity index (χ2n) is 5.50. The summed E-state index contributed by atoms with van der Waals surface area (Å²) in [5.41, 5.74) is 0.718. The molecular weight excluding hydrogens is 358 g/mol. The Kier molecular flexibility index (Phi) is 4.87. The van der Waals surface area contributed by atoms with Gasteiger partial charge in [-0.25, -0.2) is 17.2 Å². The molecule has 24 heavy (non-hydrogen) atoms. The Morgan fingerprint density at radius 2 is 1.83 bits per heavy atom. The summed E-state index contributed by atoms with van der Waals surface area (Å²) in [4.78, 5) is -0.395. The minimum absolute atomic E-state index is 0.192. The van der Waals surface area contributed by atoms with Crippen LogP contribution in [0.1, 0.15) is 11.6 Å². The number of hydrogen-bond acceptors (Lipinski definition) is 3. The first-order valence-electron chi connectivity index (χ1n) is 7.32. The number of rotatable bonds is 3. The predicted molar refractivity (Wildman–Crippen MR) is 87.3 cm³/mol. The van der Waals surface area contributed by atoms with Crippen molar-refractivity contribution in [2.75, 3.05) is 19.6 Å². The molecule has 0 radical (unpaired) electrons. The predicted octanol–water partition coefficient (Wildman–Crippen LogP) is 2.95. The number of halogens is 3. The van der Waals surface area contributed by atoms with Crippen LogP contribution >= 0.6 is 11.6 Å². The number of benzene rings is 2. The van der Waals surface area contributed by atoms with E-state index in [0.29, 0.717) is 24.2 Å². The van der Waals surface area contributed by atoms with Crippen LogP contribution in [0.25, 0.3) is 0 Å². The molecular formula is C16H15ClF2N2O2S. The molecule has 2 aromatic carbocycles. The van der Waals surface area contributed by atoms with E-state index in [0.717, 1.165) is 17.7 Å². The van der Waals surface area contributed by atoms with Gasteiger partial charge in [0.25, 0.3) is 0 Å². The quantitative estimate of drug-likeness (QED) is 0.901. The van der Waals surface area contributed by atoms with Gasteiger partial charge >= 0.3 is 0 Å². The molecule has 0 saturated carbocycles. The van der Waals surface area contributed by atoms with Gasteiger partial charge in [-0.3, -0.25) is 0 Å². The molecule has 1 atom stereocenters. The van der Waals surface area contributed by atoms with Gasteiger partial charge in [0, 0.05) is 30.7 Å². The van der Waals surface area contributed by atoms with Gasteiger partial charge in [-0.2, -0.15) is 4.31 Å². The number of nitrogens with zero attached hydrogens (tertiary/aromatic N) is 1. The normalized spacial score (nSPS) is 19.4. The van der Waals surface area contributed by atoms with Crippen LogP contribution < -0.4 is 5.32 Å². The lowest BCUT2D eigenvalue weighted by Crippen LogP contribution is -2.48. The Bertz CT molecular complexity index is 841. The molecule has 1 heterocycles. The van der Waals surface area contributed by atoms with E-state index in [2.05, 4.69) is 5.32 Å². The van der Waals surface area contributed by atoms with Crippen molar-refractivity contribution in [2.24, 2.45) is 0 Å². The van der Waals surface area contributed by atoms with Gasteiger partial charge in [0.1, 0.15) is 11.6 Å². The highest BCUT2D eigenvalue weighted by Gasteiger charge is 2.35. The van der Waals surface area contributed by atoms with E-state index in [1.54, 1.807) is 24.3 Å². The van der Waals surface area contributed by atoms with Crippen LogP contribution in [0.15, 0.2) is 47.4 Å². The van der Waals surface area contributed by atoms with E-state index in [1.807, 2.05) is 0 Å². The summed E-state index contributed by atoms with van der Waals surface area (Å²) in [7, 11) is -4.05. The van der Waals surface area contributed by atoms with Crippen molar-refractivity contribution in [1.29, 1.82) is 0 Å². The Morgan fingerprint density at radius 3 is 2.50 bits per heavy atom. The first-order valence-corrected chi connectivity index (χ1v) is 9.14. The summed E-state index contributed by atoms with van der Waals surface area (Å²) in [6.45, 7) is 1.03. The van der Waals surface area contributed by atoms with Crippen LogP contribution in [0.3, 0.4) is 0 Å². The first kappa shape index (κ1) is 17.3. The average Bonchev–Trinajstić information content (AvgIpc) is 2.54. The molecule has 1 N–H and O–H groups in total. The SMILES string of the molecule is O=S(=O)(c1cc(F)cc(F)c1)N1CCNCC1c1cccc(Cl)c1. The Labute approximate surface area is 144 Å². The Balaban J connectivity index is 2.03. The fraction of sp³-hybridized carbons (Fsp3) is 0.250. The van der Waals surface area contributed by atoms with Crippen molar-refractivity contribution < 1.29 is 17.2 Å². The summed E-state index contributed by atoms with van der Waals surface area (Å²) in [5, 5.41) is 3.62. The summed E-state index contributed by atoms with van der Waals surface area (Å²) >= 11 is 6.00. The smallest absolute Gasteiger partial charge is 0.243 e.